The third-order valence-electron chi connectivity index (χ3n) is 2.95. The molecule has 91 valence electrons. The number of hydrogen-bond donors (Lipinski definition) is 1. The maximum absolute atomic E-state index is 11.2. The molecule has 4 heteroatoms. The van der Waals surface area contributed by atoms with E-state index >= 15 is 0 Å². The molecule has 0 atom stereocenters. The second-order valence-corrected chi connectivity index (χ2v) is 4.24. The van der Waals surface area contributed by atoms with E-state index in [4.69, 9.17) is 10.5 Å². The van der Waals surface area contributed by atoms with Crippen LogP contribution in [-0.2, 0) is 11.3 Å². The van der Waals surface area contributed by atoms with Crippen molar-refractivity contribution in [3.05, 3.63) is 41.8 Å². The van der Waals surface area contributed by atoms with Gasteiger partial charge in [-0.3, -0.25) is 9.69 Å². The van der Waals surface area contributed by atoms with Crippen molar-refractivity contribution in [2.75, 3.05) is 26.3 Å². The summed E-state index contributed by atoms with van der Waals surface area (Å²) >= 11 is 0. The van der Waals surface area contributed by atoms with E-state index in [1.807, 2.05) is 18.2 Å². The van der Waals surface area contributed by atoms with Crippen LogP contribution in [0.25, 0.3) is 0 Å². The van der Waals surface area contributed by atoms with Crippen LogP contribution in [0.3, 0.4) is 0 Å². The summed E-state index contributed by atoms with van der Waals surface area (Å²) in [6.07, 6.45) is 0. The highest BCUT2D eigenvalue weighted by atomic mass is 16.5. The van der Waals surface area contributed by atoms with Crippen molar-refractivity contribution in [2.45, 2.75) is 6.54 Å². The molecule has 1 radical (unpaired) electrons. The molecule has 0 spiro atoms. The Morgan fingerprint density at radius 1 is 1.41 bits per heavy atom. The number of morpholine rings is 1. The normalized spacial score (nSPS) is 17.0. The highest BCUT2D eigenvalue weighted by molar-refractivity contribution is 5.94. The van der Waals surface area contributed by atoms with Crippen molar-refractivity contribution in [3.8, 4) is 0 Å². The Labute approximate surface area is 101 Å². The first-order valence-electron chi connectivity index (χ1n) is 5.71. The predicted octanol–water partition coefficient (Wildman–Crippen LogP) is 0.800. The summed E-state index contributed by atoms with van der Waals surface area (Å²) in [6.45, 7) is 8.02. The van der Waals surface area contributed by atoms with Crippen LogP contribution in [0.15, 0.2) is 18.2 Å². The van der Waals surface area contributed by atoms with Gasteiger partial charge in [0.1, 0.15) is 0 Å². The van der Waals surface area contributed by atoms with Gasteiger partial charge in [0, 0.05) is 25.2 Å². The zero-order valence-corrected chi connectivity index (χ0v) is 9.82. The first-order chi connectivity index (χ1) is 8.16. The maximum Gasteiger partial charge on any atom is 0.248 e. The van der Waals surface area contributed by atoms with Gasteiger partial charge >= 0.3 is 0 Å². The van der Waals surface area contributed by atoms with Crippen molar-refractivity contribution in [3.63, 3.8) is 0 Å². The molecule has 1 aromatic carbocycles. The molecule has 2 rings (SSSR count). The van der Waals surface area contributed by atoms with Gasteiger partial charge in [0.25, 0.3) is 0 Å². The standard InChI is InChI=1S/C13H17N2O2/c1-10-2-3-11(8-12(10)13(14)16)9-15-4-6-17-7-5-15/h2-3,8H,1,4-7,9H2,(H2,14,16). The van der Waals surface area contributed by atoms with E-state index in [9.17, 15) is 4.79 Å². The molecule has 1 saturated heterocycles. The first kappa shape index (κ1) is 12.1. The second-order valence-electron chi connectivity index (χ2n) is 4.24. The fourth-order valence-corrected chi connectivity index (χ4v) is 1.97. The van der Waals surface area contributed by atoms with Crippen molar-refractivity contribution < 1.29 is 9.53 Å². The minimum atomic E-state index is -0.418. The molecule has 17 heavy (non-hydrogen) atoms. The predicted molar refractivity (Wildman–Crippen MR) is 65.5 cm³/mol. The number of carbonyl (C=O) groups excluding carboxylic acids is 1. The summed E-state index contributed by atoms with van der Waals surface area (Å²) in [7, 11) is 0. The Bertz CT molecular complexity index is 412. The average molecular weight is 233 g/mol. The van der Waals surface area contributed by atoms with E-state index in [2.05, 4.69) is 11.8 Å². The van der Waals surface area contributed by atoms with Crippen LogP contribution in [0.4, 0.5) is 0 Å². The minimum absolute atomic E-state index is 0.418. The summed E-state index contributed by atoms with van der Waals surface area (Å²) in [5, 5.41) is 0. The quantitative estimate of drug-likeness (QED) is 0.840. The summed E-state index contributed by atoms with van der Waals surface area (Å²) in [4.78, 5) is 13.5. The van der Waals surface area contributed by atoms with Gasteiger partial charge in [-0.15, -0.1) is 0 Å². The molecule has 0 aromatic heterocycles. The third kappa shape index (κ3) is 3.05. The van der Waals surface area contributed by atoms with E-state index in [1.54, 1.807) is 0 Å². The van der Waals surface area contributed by atoms with E-state index in [1.165, 1.54) is 0 Å². The monoisotopic (exact) mass is 233 g/mol. The molecule has 0 saturated carbocycles. The molecule has 2 N–H and O–H groups in total. The first-order valence-corrected chi connectivity index (χ1v) is 5.71. The van der Waals surface area contributed by atoms with Gasteiger partial charge in [0.2, 0.25) is 5.91 Å². The van der Waals surface area contributed by atoms with E-state index < -0.39 is 5.91 Å². The molecule has 1 aromatic rings. The van der Waals surface area contributed by atoms with Crippen LogP contribution in [-0.4, -0.2) is 37.1 Å². The molecule has 1 fully saturated rings. The molecule has 4 nitrogen and oxygen atoms in total. The number of nitrogens with zero attached hydrogens (tertiary/aromatic N) is 1. The summed E-state index contributed by atoms with van der Waals surface area (Å²) < 4.78 is 5.29. The molecule has 1 heterocycles. The van der Waals surface area contributed by atoms with Gasteiger partial charge in [-0.25, -0.2) is 0 Å². The van der Waals surface area contributed by atoms with Crippen LogP contribution in [0, 0.1) is 6.92 Å². The van der Waals surface area contributed by atoms with E-state index in [-0.39, 0.29) is 0 Å². The molecule has 0 bridgehead atoms. The lowest BCUT2D eigenvalue weighted by molar-refractivity contribution is 0.0342. The van der Waals surface area contributed by atoms with Gasteiger partial charge in [0.05, 0.1) is 13.2 Å². The van der Waals surface area contributed by atoms with Gasteiger partial charge in [-0.1, -0.05) is 12.1 Å². The Hall–Kier alpha value is -1.39. The van der Waals surface area contributed by atoms with Gasteiger partial charge in [0.15, 0.2) is 0 Å². The van der Waals surface area contributed by atoms with E-state index in [0.29, 0.717) is 11.1 Å². The third-order valence-corrected chi connectivity index (χ3v) is 2.95. The molecule has 1 amide bonds. The number of nitrogens with two attached hydrogens (primary N) is 1. The van der Waals surface area contributed by atoms with Crippen LogP contribution in [0.5, 0.6) is 0 Å². The lowest BCUT2D eigenvalue weighted by atomic mass is 10.0. The van der Waals surface area contributed by atoms with Crippen molar-refractivity contribution in [1.82, 2.24) is 4.90 Å². The second kappa shape index (κ2) is 5.29. The molecular weight excluding hydrogens is 216 g/mol. The topological polar surface area (TPSA) is 55.6 Å². The Morgan fingerprint density at radius 3 is 2.76 bits per heavy atom. The maximum atomic E-state index is 11.2. The molecule has 0 unspecified atom stereocenters. The number of rotatable bonds is 3. The molecular formula is C13H17N2O2. The number of ether oxygens (including phenoxy) is 1. The summed E-state index contributed by atoms with van der Waals surface area (Å²) in [5.41, 5.74) is 7.59. The summed E-state index contributed by atoms with van der Waals surface area (Å²) in [6, 6.07) is 5.67. The zero-order valence-electron chi connectivity index (χ0n) is 9.82. The highest BCUT2D eigenvalue weighted by Crippen LogP contribution is 2.13. The zero-order chi connectivity index (χ0) is 12.3. The Morgan fingerprint density at radius 2 is 2.12 bits per heavy atom. The van der Waals surface area contributed by atoms with Gasteiger partial charge < -0.3 is 10.5 Å². The van der Waals surface area contributed by atoms with Crippen LogP contribution < -0.4 is 5.73 Å². The number of hydrogen-bond acceptors (Lipinski definition) is 3. The van der Waals surface area contributed by atoms with Gasteiger partial charge in [-0.2, -0.15) is 0 Å². The van der Waals surface area contributed by atoms with Crippen molar-refractivity contribution >= 4 is 5.91 Å². The number of amides is 1. The fraction of sp³-hybridized carbons (Fsp3) is 0.385. The fourth-order valence-electron chi connectivity index (χ4n) is 1.97. The highest BCUT2D eigenvalue weighted by Gasteiger charge is 2.12. The van der Waals surface area contributed by atoms with Crippen molar-refractivity contribution in [2.24, 2.45) is 5.73 Å². The van der Waals surface area contributed by atoms with Crippen molar-refractivity contribution in [1.29, 1.82) is 0 Å². The number of primary amides is 1. The summed E-state index contributed by atoms with van der Waals surface area (Å²) in [5.74, 6) is -0.418. The van der Waals surface area contributed by atoms with Gasteiger partial charge in [-0.05, 0) is 24.1 Å². The number of carbonyl (C=O) groups is 1. The Kier molecular flexibility index (Phi) is 3.76. The minimum Gasteiger partial charge on any atom is -0.379 e. The average Bonchev–Trinajstić information content (AvgIpc) is 2.32. The molecule has 0 aliphatic carbocycles. The van der Waals surface area contributed by atoms with Crippen LogP contribution in [0.1, 0.15) is 21.5 Å². The smallest absolute Gasteiger partial charge is 0.248 e. The lowest BCUT2D eigenvalue weighted by Crippen LogP contribution is -2.35. The molecule has 1 aliphatic rings. The SMILES string of the molecule is [CH2]c1ccc(CN2CCOCC2)cc1C(N)=O. The largest absolute Gasteiger partial charge is 0.379 e. The van der Waals surface area contributed by atoms with E-state index in [0.717, 1.165) is 38.4 Å². The van der Waals surface area contributed by atoms with Crippen LogP contribution >= 0.6 is 0 Å². The lowest BCUT2D eigenvalue weighted by Gasteiger charge is -2.26. The number of benzene rings is 1. The van der Waals surface area contributed by atoms with Crippen LogP contribution in [0.2, 0.25) is 0 Å². The Balaban J connectivity index is 2.10. The molecule has 1 aliphatic heterocycles.